The second-order valence-electron chi connectivity index (χ2n) is 4.21. The van der Waals surface area contributed by atoms with Crippen molar-refractivity contribution < 1.29 is 4.39 Å². The van der Waals surface area contributed by atoms with Gasteiger partial charge in [0.15, 0.2) is 0 Å². The number of hydrogen-bond donors (Lipinski definition) is 0. The first-order valence-electron chi connectivity index (χ1n) is 5.51. The van der Waals surface area contributed by atoms with E-state index >= 15 is 0 Å². The summed E-state index contributed by atoms with van der Waals surface area (Å²) < 4.78 is 13.1. The molecule has 1 heterocycles. The van der Waals surface area contributed by atoms with Gasteiger partial charge >= 0.3 is 0 Å². The summed E-state index contributed by atoms with van der Waals surface area (Å²) >= 11 is 8.12. The van der Waals surface area contributed by atoms with Crippen LogP contribution in [0.3, 0.4) is 0 Å². The van der Waals surface area contributed by atoms with Crippen LogP contribution in [0.4, 0.5) is 4.39 Å². The van der Waals surface area contributed by atoms with Gasteiger partial charge in [0.05, 0.1) is 5.38 Å². The third-order valence-corrected chi connectivity index (χ3v) is 4.44. The number of hydrogen-bond acceptors (Lipinski definition) is 1. The highest BCUT2D eigenvalue weighted by molar-refractivity contribution is 7.12. The molecule has 0 nitrogen and oxygen atoms in total. The molecule has 17 heavy (non-hydrogen) atoms. The largest absolute Gasteiger partial charge is 0.207 e. The van der Waals surface area contributed by atoms with Crippen LogP contribution in [-0.4, -0.2) is 0 Å². The van der Waals surface area contributed by atoms with Crippen LogP contribution in [0.2, 0.25) is 0 Å². The summed E-state index contributed by atoms with van der Waals surface area (Å²) in [6, 6.07) is 8.77. The van der Waals surface area contributed by atoms with E-state index in [1.165, 1.54) is 21.4 Å². The van der Waals surface area contributed by atoms with E-state index in [2.05, 4.69) is 19.9 Å². The zero-order chi connectivity index (χ0) is 12.4. The van der Waals surface area contributed by atoms with Crippen LogP contribution in [0.25, 0.3) is 0 Å². The maximum absolute atomic E-state index is 13.1. The number of halogens is 2. The topological polar surface area (TPSA) is 0 Å². The second kappa shape index (κ2) is 5.19. The average molecular weight is 269 g/mol. The molecule has 0 bridgehead atoms. The zero-order valence-electron chi connectivity index (χ0n) is 9.84. The van der Waals surface area contributed by atoms with Crippen molar-refractivity contribution in [2.75, 3.05) is 0 Å². The first kappa shape index (κ1) is 12.6. The molecule has 0 saturated heterocycles. The van der Waals surface area contributed by atoms with E-state index in [0.29, 0.717) is 6.42 Å². The first-order valence-corrected chi connectivity index (χ1v) is 6.77. The summed E-state index contributed by atoms with van der Waals surface area (Å²) in [5, 5.41) is -0.0736. The molecule has 0 fully saturated rings. The van der Waals surface area contributed by atoms with Gasteiger partial charge in [0.1, 0.15) is 5.82 Å². The van der Waals surface area contributed by atoms with Crippen molar-refractivity contribution in [2.45, 2.75) is 25.6 Å². The van der Waals surface area contributed by atoms with Crippen LogP contribution in [0.1, 0.15) is 26.3 Å². The fraction of sp³-hybridized carbons (Fsp3) is 0.286. The molecule has 0 aliphatic carbocycles. The van der Waals surface area contributed by atoms with E-state index in [4.69, 9.17) is 11.6 Å². The lowest BCUT2D eigenvalue weighted by molar-refractivity contribution is 0.625. The molecule has 2 rings (SSSR count). The maximum Gasteiger partial charge on any atom is 0.123 e. The Balaban J connectivity index is 2.16. The molecule has 0 saturated carbocycles. The van der Waals surface area contributed by atoms with Crippen LogP contribution in [-0.2, 0) is 6.42 Å². The van der Waals surface area contributed by atoms with E-state index in [0.717, 1.165) is 5.56 Å². The van der Waals surface area contributed by atoms with Crippen LogP contribution in [0.15, 0.2) is 30.3 Å². The van der Waals surface area contributed by atoms with Crippen LogP contribution >= 0.6 is 22.9 Å². The number of alkyl halides is 1. The monoisotopic (exact) mass is 268 g/mol. The molecular weight excluding hydrogens is 255 g/mol. The second-order valence-corrected chi connectivity index (χ2v) is 6.02. The quantitative estimate of drug-likeness (QED) is 0.685. The third-order valence-electron chi connectivity index (χ3n) is 2.67. The summed E-state index contributed by atoms with van der Waals surface area (Å²) in [6.45, 7) is 4.15. The van der Waals surface area contributed by atoms with Crippen LogP contribution in [0.5, 0.6) is 0 Å². The van der Waals surface area contributed by atoms with E-state index in [-0.39, 0.29) is 11.2 Å². The maximum atomic E-state index is 13.1. The molecule has 0 amide bonds. The highest BCUT2D eigenvalue weighted by Gasteiger charge is 2.14. The molecule has 1 unspecified atom stereocenters. The van der Waals surface area contributed by atoms with Gasteiger partial charge in [0, 0.05) is 9.75 Å². The Morgan fingerprint density at radius 3 is 2.65 bits per heavy atom. The Morgan fingerprint density at radius 1 is 1.29 bits per heavy atom. The number of aryl methyl sites for hydroxylation is 2. The van der Waals surface area contributed by atoms with Crippen molar-refractivity contribution in [3.05, 3.63) is 57.0 Å². The Bertz CT molecular complexity index is 519. The van der Waals surface area contributed by atoms with E-state index in [1.54, 1.807) is 23.5 Å². The van der Waals surface area contributed by atoms with Gasteiger partial charge in [-0.25, -0.2) is 4.39 Å². The number of benzene rings is 1. The lowest BCUT2D eigenvalue weighted by atomic mass is 10.1. The van der Waals surface area contributed by atoms with Gasteiger partial charge in [-0.05, 0) is 49.6 Å². The van der Waals surface area contributed by atoms with Crippen molar-refractivity contribution in [1.29, 1.82) is 0 Å². The molecule has 0 spiro atoms. The number of thiophene rings is 1. The molecule has 1 aromatic heterocycles. The molecule has 90 valence electrons. The third kappa shape index (κ3) is 3.08. The molecular formula is C14H14ClFS. The SMILES string of the molecule is Cc1cc(C)c(C(Cl)Cc2cccc(F)c2)s1. The normalized spacial score (nSPS) is 12.7. The molecule has 0 radical (unpaired) electrons. The lowest BCUT2D eigenvalue weighted by Crippen LogP contribution is -1.95. The predicted molar refractivity (Wildman–Crippen MR) is 72.5 cm³/mol. The van der Waals surface area contributed by atoms with Crippen molar-refractivity contribution in [2.24, 2.45) is 0 Å². The standard InChI is InChI=1S/C14H14ClFS/c1-9-6-10(2)17-14(9)13(15)8-11-4-3-5-12(16)7-11/h3-7,13H,8H2,1-2H3. The molecule has 0 N–H and O–H groups in total. The Kier molecular flexibility index (Phi) is 3.85. The zero-order valence-corrected chi connectivity index (χ0v) is 11.4. The van der Waals surface area contributed by atoms with Gasteiger partial charge in [0.25, 0.3) is 0 Å². The molecule has 0 aliphatic rings. The van der Waals surface area contributed by atoms with Gasteiger partial charge in [-0.15, -0.1) is 22.9 Å². The summed E-state index contributed by atoms with van der Waals surface area (Å²) in [6.07, 6.45) is 0.667. The highest BCUT2D eigenvalue weighted by atomic mass is 35.5. The minimum atomic E-state index is -0.203. The van der Waals surface area contributed by atoms with Gasteiger partial charge in [0.2, 0.25) is 0 Å². The van der Waals surface area contributed by atoms with Crippen molar-refractivity contribution in [1.82, 2.24) is 0 Å². The van der Waals surface area contributed by atoms with E-state index in [1.807, 2.05) is 6.07 Å². The highest BCUT2D eigenvalue weighted by Crippen LogP contribution is 2.33. The van der Waals surface area contributed by atoms with Gasteiger partial charge < -0.3 is 0 Å². The first-order chi connectivity index (χ1) is 8.06. The van der Waals surface area contributed by atoms with Crippen LogP contribution < -0.4 is 0 Å². The van der Waals surface area contributed by atoms with Gasteiger partial charge in [-0.2, -0.15) is 0 Å². The summed E-state index contributed by atoms with van der Waals surface area (Å²) in [5.74, 6) is -0.203. The lowest BCUT2D eigenvalue weighted by Gasteiger charge is -2.09. The summed E-state index contributed by atoms with van der Waals surface area (Å²) in [4.78, 5) is 2.45. The Labute approximate surface area is 110 Å². The average Bonchev–Trinajstić information content (AvgIpc) is 2.58. The predicted octanol–water partition coefficient (Wildman–Crippen LogP) is 5.03. The minimum absolute atomic E-state index is 0.0736. The van der Waals surface area contributed by atoms with Crippen LogP contribution in [0, 0.1) is 19.7 Å². The van der Waals surface area contributed by atoms with Crippen molar-refractivity contribution in [3.8, 4) is 0 Å². The fourth-order valence-electron chi connectivity index (χ4n) is 1.93. The van der Waals surface area contributed by atoms with E-state index < -0.39 is 0 Å². The Hall–Kier alpha value is -0.860. The number of rotatable bonds is 3. The molecule has 3 heteroatoms. The molecule has 0 aliphatic heterocycles. The van der Waals surface area contributed by atoms with Gasteiger partial charge in [-0.3, -0.25) is 0 Å². The minimum Gasteiger partial charge on any atom is -0.207 e. The summed E-state index contributed by atoms with van der Waals surface area (Å²) in [5.41, 5.74) is 2.17. The molecule has 2 aromatic rings. The van der Waals surface area contributed by atoms with Crippen molar-refractivity contribution >= 4 is 22.9 Å². The smallest absolute Gasteiger partial charge is 0.123 e. The van der Waals surface area contributed by atoms with Gasteiger partial charge in [-0.1, -0.05) is 12.1 Å². The fourth-order valence-corrected chi connectivity index (χ4v) is 3.43. The molecule has 1 aromatic carbocycles. The molecule has 1 atom stereocenters. The van der Waals surface area contributed by atoms with E-state index in [9.17, 15) is 4.39 Å². The van der Waals surface area contributed by atoms with Crippen molar-refractivity contribution in [3.63, 3.8) is 0 Å². The Morgan fingerprint density at radius 2 is 2.06 bits per heavy atom. The summed E-state index contributed by atoms with van der Waals surface area (Å²) in [7, 11) is 0.